The number of rotatable bonds is 7. The van der Waals surface area contributed by atoms with Crippen LogP contribution in [0.15, 0.2) is 35.6 Å². The van der Waals surface area contributed by atoms with Gasteiger partial charge in [0.1, 0.15) is 11.6 Å². The zero-order valence-corrected chi connectivity index (χ0v) is 17.5. The van der Waals surface area contributed by atoms with Gasteiger partial charge in [-0.3, -0.25) is 4.79 Å². The molecule has 0 aliphatic carbocycles. The first-order valence-corrected chi connectivity index (χ1v) is 10.9. The van der Waals surface area contributed by atoms with Gasteiger partial charge in [-0.05, 0) is 24.0 Å². The molecular formula is C20H23FN6O2S. The van der Waals surface area contributed by atoms with Crippen molar-refractivity contribution < 1.29 is 13.9 Å². The van der Waals surface area contributed by atoms with E-state index in [-0.39, 0.29) is 5.91 Å². The van der Waals surface area contributed by atoms with Crippen LogP contribution in [0.25, 0.3) is 11.0 Å². The summed E-state index contributed by atoms with van der Waals surface area (Å²) in [5, 5.41) is 8.87. The number of carbonyl (C=O) groups is 1. The van der Waals surface area contributed by atoms with Crippen molar-refractivity contribution in [1.82, 2.24) is 25.1 Å². The van der Waals surface area contributed by atoms with Crippen LogP contribution in [0, 0.1) is 5.82 Å². The van der Waals surface area contributed by atoms with Crippen LogP contribution in [0.3, 0.4) is 0 Å². The molecule has 1 amide bonds. The minimum Gasteiger partial charge on any atom is -0.378 e. The van der Waals surface area contributed by atoms with Crippen LogP contribution in [0.1, 0.15) is 17.3 Å². The lowest BCUT2D eigenvalue weighted by atomic mass is 10.2. The third kappa shape index (κ3) is 4.54. The van der Waals surface area contributed by atoms with E-state index in [0.29, 0.717) is 37.0 Å². The van der Waals surface area contributed by atoms with Gasteiger partial charge in [0.2, 0.25) is 0 Å². The second kappa shape index (κ2) is 9.40. The summed E-state index contributed by atoms with van der Waals surface area (Å²) in [6.45, 7) is 5.74. The van der Waals surface area contributed by atoms with Crippen LogP contribution in [-0.2, 0) is 11.3 Å². The van der Waals surface area contributed by atoms with Crippen molar-refractivity contribution in [2.75, 3.05) is 43.5 Å². The number of nitrogens with one attached hydrogen (secondary N) is 1. The number of anilines is 1. The molecule has 1 aliphatic rings. The summed E-state index contributed by atoms with van der Waals surface area (Å²) in [6, 6.07) is 5.62. The average Bonchev–Trinajstić information content (AvgIpc) is 3.17. The average molecular weight is 431 g/mol. The monoisotopic (exact) mass is 430 g/mol. The fraction of sp³-hybridized carbons (Fsp3) is 0.400. The third-order valence-electron chi connectivity index (χ3n) is 4.74. The molecule has 1 N–H and O–H groups in total. The minimum absolute atomic E-state index is 0.291. The number of morpholine rings is 1. The molecular weight excluding hydrogens is 407 g/mol. The van der Waals surface area contributed by atoms with E-state index in [1.165, 1.54) is 18.2 Å². The SMILES string of the molecule is CCSc1nc(N2CCOCC2)c2cnn(CCNC(=O)c3cccc(F)c3)c2n1. The van der Waals surface area contributed by atoms with Crippen molar-refractivity contribution in [2.24, 2.45) is 0 Å². The van der Waals surface area contributed by atoms with E-state index < -0.39 is 5.82 Å². The summed E-state index contributed by atoms with van der Waals surface area (Å²) in [6.07, 6.45) is 1.77. The van der Waals surface area contributed by atoms with Crippen molar-refractivity contribution in [3.8, 4) is 0 Å². The maximum atomic E-state index is 13.3. The van der Waals surface area contributed by atoms with Crippen molar-refractivity contribution in [1.29, 1.82) is 0 Å². The zero-order valence-electron chi connectivity index (χ0n) is 16.7. The lowest BCUT2D eigenvalue weighted by Gasteiger charge is -2.28. The van der Waals surface area contributed by atoms with Gasteiger partial charge < -0.3 is 15.0 Å². The van der Waals surface area contributed by atoms with Gasteiger partial charge in [0, 0.05) is 25.2 Å². The van der Waals surface area contributed by atoms with E-state index in [4.69, 9.17) is 9.72 Å². The predicted octanol–water partition coefficient (Wildman–Crippen LogP) is 2.34. The molecule has 2 aromatic heterocycles. The number of benzene rings is 1. The molecule has 0 radical (unpaired) electrons. The normalized spacial score (nSPS) is 14.3. The summed E-state index contributed by atoms with van der Waals surface area (Å²) in [5.41, 5.74) is 1.03. The molecule has 3 aromatic rings. The van der Waals surface area contributed by atoms with Gasteiger partial charge in [0.25, 0.3) is 5.91 Å². The van der Waals surface area contributed by atoms with Crippen LogP contribution in [0.2, 0.25) is 0 Å². The molecule has 10 heteroatoms. The fourth-order valence-corrected chi connectivity index (χ4v) is 3.86. The molecule has 4 rings (SSSR count). The molecule has 158 valence electrons. The quantitative estimate of drug-likeness (QED) is 0.455. The molecule has 1 saturated heterocycles. The van der Waals surface area contributed by atoms with Gasteiger partial charge >= 0.3 is 0 Å². The molecule has 0 spiro atoms. The summed E-state index contributed by atoms with van der Waals surface area (Å²) in [4.78, 5) is 23.9. The molecule has 1 aromatic carbocycles. The molecule has 30 heavy (non-hydrogen) atoms. The highest BCUT2D eigenvalue weighted by molar-refractivity contribution is 7.99. The number of carbonyl (C=O) groups excluding carboxylic acids is 1. The van der Waals surface area contributed by atoms with Gasteiger partial charge in [-0.25, -0.2) is 19.0 Å². The number of amides is 1. The van der Waals surface area contributed by atoms with Crippen molar-refractivity contribution in [3.63, 3.8) is 0 Å². The van der Waals surface area contributed by atoms with Crippen LogP contribution >= 0.6 is 11.8 Å². The standard InChI is InChI=1S/C20H23FN6O2S/c1-2-30-20-24-17(26-8-10-29-11-9-26)16-13-23-27(18(16)25-20)7-6-22-19(28)14-4-3-5-15(21)12-14/h3-5,12-13H,2,6-11H2,1H3,(H,22,28). The van der Waals surface area contributed by atoms with Gasteiger partial charge in [-0.15, -0.1) is 0 Å². The van der Waals surface area contributed by atoms with Crippen molar-refractivity contribution in [2.45, 2.75) is 18.6 Å². The number of fused-ring (bicyclic) bond motifs is 1. The molecule has 8 nitrogen and oxygen atoms in total. The van der Waals surface area contributed by atoms with Crippen LogP contribution in [0.4, 0.5) is 10.2 Å². The molecule has 1 aliphatic heterocycles. The summed E-state index contributed by atoms with van der Waals surface area (Å²) < 4.78 is 20.5. The van der Waals surface area contributed by atoms with Crippen LogP contribution in [0.5, 0.6) is 0 Å². The number of hydrogen-bond acceptors (Lipinski definition) is 7. The Kier molecular flexibility index (Phi) is 6.44. The Labute approximate surface area is 177 Å². The smallest absolute Gasteiger partial charge is 0.251 e. The first-order valence-electron chi connectivity index (χ1n) is 9.88. The second-order valence-electron chi connectivity index (χ2n) is 6.73. The molecule has 0 unspecified atom stereocenters. The second-order valence-corrected chi connectivity index (χ2v) is 7.96. The Morgan fingerprint density at radius 2 is 2.13 bits per heavy atom. The Balaban J connectivity index is 1.52. The fourth-order valence-electron chi connectivity index (χ4n) is 3.30. The van der Waals surface area contributed by atoms with E-state index in [1.54, 1.807) is 28.7 Å². The number of aromatic nitrogens is 4. The Hall–Kier alpha value is -2.72. The van der Waals surface area contributed by atoms with Crippen molar-refractivity contribution >= 4 is 34.5 Å². The van der Waals surface area contributed by atoms with Gasteiger partial charge in [-0.2, -0.15) is 5.10 Å². The predicted molar refractivity (Wildman–Crippen MR) is 113 cm³/mol. The summed E-state index contributed by atoms with van der Waals surface area (Å²) in [7, 11) is 0. The lowest BCUT2D eigenvalue weighted by Crippen LogP contribution is -2.37. The largest absolute Gasteiger partial charge is 0.378 e. The Morgan fingerprint density at radius 1 is 1.30 bits per heavy atom. The number of halogens is 1. The molecule has 0 atom stereocenters. The van der Waals surface area contributed by atoms with E-state index >= 15 is 0 Å². The highest BCUT2D eigenvalue weighted by Crippen LogP contribution is 2.27. The molecule has 0 bridgehead atoms. The van der Waals surface area contributed by atoms with Crippen LogP contribution < -0.4 is 10.2 Å². The van der Waals surface area contributed by atoms with Crippen LogP contribution in [-0.4, -0.2) is 64.3 Å². The highest BCUT2D eigenvalue weighted by atomic mass is 32.2. The maximum Gasteiger partial charge on any atom is 0.251 e. The van der Waals surface area contributed by atoms with Gasteiger partial charge in [0.15, 0.2) is 10.8 Å². The molecule has 0 saturated carbocycles. The summed E-state index contributed by atoms with van der Waals surface area (Å²) in [5.74, 6) is 0.978. The highest BCUT2D eigenvalue weighted by Gasteiger charge is 2.20. The minimum atomic E-state index is -0.436. The lowest BCUT2D eigenvalue weighted by molar-refractivity contribution is 0.0951. The van der Waals surface area contributed by atoms with E-state index in [9.17, 15) is 9.18 Å². The number of nitrogens with zero attached hydrogens (tertiary/aromatic N) is 5. The van der Waals surface area contributed by atoms with Crippen molar-refractivity contribution in [3.05, 3.63) is 41.8 Å². The zero-order chi connectivity index (χ0) is 20.9. The number of ether oxygens (including phenoxy) is 1. The van der Waals surface area contributed by atoms with Gasteiger partial charge in [0.05, 0.1) is 31.3 Å². The van der Waals surface area contributed by atoms with E-state index in [1.807, 2.05) is 0 Å². The number of hydrogen-bond donors (Lipinski definition) is 1. The Bertz CT molecular complexity index is 1040. The summed E-state index contributed by atoms with van der Waals surface area (Å²) >= 11 is 1.58. The third-order valence-corrected chi connectivity index (χ3v) is 5.47. The number of thioether (sulfide) groups is 1. The topological polar surface area (TPSA) is 85.2 Å². The Morgan fingerprint density at radius 3 is 2.90 bits per heavy atom. The first-order chi connectivity index (χ1) is 14.7. The van der Waals surface area contributed by atoms with E-state index in [2.05, 4.69) is 27.2 Å². The van der Waals surface area contributed by atoms with Gasteiger partial charge in [-0.1, -0.05) is 24.8 Å². The van der Waals surface area contributed by atoms with E-state index in [0.717, 1.165) is 35.7 Å². The molecule has 1 fully saturated rings. The first kappa shape index (κ1) is 20.5. The maximum absolute atomic E-state index is 13.3. The molecule has 3 heterocycles.